The van der Waals surface area contributed by atoms with Crippen molar-refractivity contribution >= 4 is 29.5 Å². The van der Waals surface area contributed by atoms with Crippen LogP contribution in [-0.2, 0) is 9.59 Å². The van der Waals surface area contributed by atoms with Crippen LogP contribution in [0.3, 0.4) is 0 Å². The van der Waals surface area contributed by atoms with E-state index in [9.17, 15) is 19.5 Å². The third-order valence-electron chi connectivity index (χ3n) is 4.87. The molecule has 26 heavy (non-hydrogen) atoms. The lowest BCUT2D eigenvalue weighted by Gasteiger charge is -2.30. The number of amides is 2. The quantitative estimate of drug-likeness (QED) is 0.825. The molecule has 0 unspecified atom stereocenters. The normalized spacial score (nSPS) is 24.3. The van der Waals surface area contributed by atoms with Crippen LogP contribution in [0.2, 0.25) is 0 Å². The number of rotatable bonds is 5. The van der Waals surface area contributed by atoms with Crippen molar-refractivity contribution in [3.63, 3.8) is 0 Å². The standard InChI is InChI=1S/C19H24N2O4S/c1-10(2)9-13(18(24)25)20-15(22)14-19(3,4)26-17-12-8-6-5-7-11(12)16(23)21(14)17/h5-8,10,13-14,17H,9H2,1-4H3,(H,20,22)(H,24,25)/t13-,14+,17-/m0/s1. The number of thioether (sulfide) groups is 1. The Hall–Kier alpha value is -2.02. The molecule has 1 aromatic carbocycles. The third kappa shape index (κ3) is 3.09. The molecule has 3 rings (SSSR count). The van der Waals surface area contributed by atoms with E-state index < -0.39 is 28.7 Å². The van der Waals surface area contributed by atoms with Crippen LogP contribution in [0.15, 0.2) is 24.3 Å². The Kier molecular flexibility index (Phi) is 4.77. The van der Waals surface area contributed by atoms with Gasteiger partial charge in [-0.2, -0.15) is 0 Å². The Bertz CT molecular complexity index is 762. The molecule has 2 aliphatic rings. The Morgan fingerprint density at radius 1 is 1.31 bits per heavy atom. The molecule has 0 aliphatic carbocycles. The first-order valence-corrected chi connectivity index (χ1v) is 9.64. The van der Waals surface area contributed by atoms with Gasteiger partial charge in [0, 0.05) is 10.3 Å². The van der Waals surface area contributed by atoms with Gasteiger partial charge in [-0.3, -0.25) is 9.59 Å². The van der Waals surface area contributed by atoms with Gasteiger partial charge in [0.1, 0.15) is 17.5 Å². The highest BCUT2D eigenvalue weighted by Crippen LogP contribution is 2.56. The minimum Gasteiger partial charge on any atom is -0.480 e. The van der Waals surface area contributed by atoms with E-state index in [1.807, 2.05) is 45.9 Å². The van der Waals surface area contributed by atoms with Gasteiger partial charge in [0.25, 0.3) is 5.91 Å². The largest absolute Gasteiger partial charge is 0.480 e. The van der Waals surface area contributed by atoms with Gasteiger partial charge in [0.2, 0.25) is 5.91 Å². The van der Waals surface area contributed by atoms with Gasteiger partial charge in [-0.25, -0.2) is 4.79 Å². The molecule has 0 saturated carbocycles. The second-order valence-electron chi connectivity index (χ2n) is 7.80. The number of aliphatic carboxylic acids is 1. The van der Waals surface area contributed by atoms with Crippen molar-refractivity contribution in [1.82, 2.24) is 10.2 Å². The second kappa shape index (κ2) is 6.61. The monoisotopic (exact) mass is 376 g/mol. The number of fused-ring (bicyclic) bond motifs is 3. The summed E-state index contributed by atoms with van der Waals surface area (Å²) in [6.07, 6.45) is 0.346. The average molecular weight is 376 g/mol. The predicted molar refractivity (Wildman–Crippen MR) is 99.8 cm³/mol. The fraction of sp³-hybridized carbons (Fsp3) is 0.526. The van der Waals surface area contributed by atoms with E-state index in [1.165, 1.54) is 0 Å². The fourth-order valence-corrected chi connectivity index (χ4v) is 5.34. The lowest BCUT2D eigenvalue weighted by Crippen LogP contribution is -2.55. The molecule has 7 heteroatoms. The van der Waals surface area contributed by atoms with Gasteiger partial charge in [0.15, 0.2) is 0 Å². The lowest BCUT2D eigenvalue weighted by molar-refractivity contribution is -0.143. The Morgan fingerprint density at radius 3 is 2.58 bits per heavy atom. The molecule has 0 bridgehead atoms. The minimum absolute atomic E-state index is 0.132. The van der Waals surface area contributed by atoms with Gasteiger partial charge < -0.3 is 15.3 Å². The molecule has 2 amide bonds. The predicted octanol–water partition coefficient (Wildman–Crippen LogP) is 2.65. The number of hydrogen-bond donors (Lipinski definition) is 2. The van der Waals surface area contributed by atoms with Gasteiger partial charge in [-0.05, 0) is 37.8 Å². The van der Waals surface area contributed by atoms with Crippen molar-refractivity contribution in [2.45, 2.75) is 56.3 Å². The van der Waals surface area contributed by atoms with Crippen LogP contribution in [0.1, 0.15) is 55.4 Å². The summed E-state index contributed by atoms with van der Waals surface area (Å²) in [4.78, 5) is 39.0. The van der Waals surface area contributed by atoms with Crippen LogP contribution in [0.25, 0.3) is 0 Å². The van der Waals surface area contributed by atoms with Crippen molar-refractivity contribution in [3.05, 3.63) is 35.4 Å². The van der Waals surface area contributed by atoms with Crippen LogP contribution in [-0.4, -0.2) is 44.6 Å². The molecular weight excluding hydrogens is 352 g/mol. The molecule has 2 N–H and O–H groups in total. The fourth-order valence-electron chi connectivity index (χ4n) is 3.75. The van der Waals surface area contributed by atoms with Crippen LogP contribution in [0.5, 0.6) is 0 Å². The smallest absolute Gasteiger partial charge is 0.326 e. The average Bonchev–Trinajstić information content (AvgIpc) is 2.97. The molecule has 1 aromatic rings. The maximum Gasteiger partial charge on any atom is 0.326 e. The van der Waals surface area contributed by atoms with Crippen molar-refractivity contribution in [1.29, 1.82) is 0 Å². The van der Waals surface area contributed by atoms with Gasteiger partial charge in [-0.15, -0.1) is 11.8 Å². The number of nitrogens with zero attached hydrogens (tertiary/aromatic N) is 1. The molecule has 1 fully saturated rings. The summed E-state index contributed by atoms with van der Waals surface area (Å²) in [5.41, 5.74) is 1.54. The van der Waals surface area contributed by atoms with E-state index in [-0.39, 0.29) is 17.2 Å². The molecule has 0 aromatic heterocycles. The first kappa shape index (κ1) is 18.8. The maximum atomic E-state index is 13.0. The van der Waals surface area contributed by atoms with Crippen LogP contribution in [0, 0.1) is 5.92 Å². The summed E-state index contributed by atoms with van der Waals surface area (Å²) in [7, 11) is 0. The number of carbonyl (C=O) groups is 3. The zero-order valence-electron chi connectivity index (χ0n) is 15.4. The van der Waals surface area contributed by atoms with E-state index in [2.05, 4.69) is 5.32 Å². The van der Waals surface area contributed by atoms with E-state index in [4.69, 9.17) is 0 Å². The highest BCUT2D eigenvalue weighted by atomic mass is 32.2. The first-order chi connectivity index (χ1) is 12.1. The summed E-state index contributed by atoms with van der Waals surface area (Å²) in [5, 5.41) is 11.9. The second-order valence-corrected chi connectivity index (χ2v) is 9.54. The van der Waals surface area contributed by atoms with Crippen LogP contribution >= 0.6 is 11.8 Å². The van der Waals surface area contributed by atoms with Crippen LogP contribution in [0.4, 0.5) is 0 Å². The van der Waals surface area contributed by atoms with Crippen molar-refractivity contribution < 1.29 is 19.5 Å². The molecule has 0 spiro atoms. The van der Waals surface area contributed by atoms with Crippen molar-refractivity contribution in [3.8, 4) is 0 Å². The topological polar surface area (TPSA) is 86.7 Å². The Labute approximate surface area is 157 Å². The summed E-state index contributed by atoms with van der Waals surface area (Å²) in [5.74, 6) is -1.49. The lowest BCUT2D eigenvalue weighted by atomic mass is 9.98. The summed E-state index contributed by atoms with van der Waals surface area (Å²) < 4.78 is -0.515. The summed E-state index contributed by atoms with van der Waals surface area (Å²) in [6, 6.07) is 5.72. The zero-order valence-corrected chi connectivity index (χ0v) is 16.2. The van der Waals surface area contributed by atoms with Gasteiger partial charge >= 0.3 is 5.97 Å². The molecule has 6 nitrogen and oxygen atoms in total. The first-order valence-electron chi connectivity index (χ1n) is 8.76. The summed E-state index contributed by atoms with van der Waals surface area (Å²) >= 11 is 1.57. The zero-order chi connectivity index (χ0) is 19.2. The number of carboxylic acids is 1. The maximum absolute atomic E-state index is 13.0. The third-order valence-corrected chi connectivity index (χ3v) is 6.40. The van der Waals surface area contributed by atoms with E-state index >= 15 is 0 Å². The SMILES string of the molecule is CC(C)C[C@H](NC(=O)[C@H]1N2C(=O)c3ccccc3[C@@H]2SC1(C)C)C(=O)O. The van der Waals surface area contributed by atoms with Gasteiger partial charge in [-0.1, -0.05) is 32.0 Å². The number of carbonyl (C=O) groups excluding carboxylic acids is 2. The number of hydrogen-bond acceptors (Lipinski definition) is 4. The van der Waals surface area contributed by atoms with E-state index in [0.717, 1.165) is 5.56 Å². The highest BCUT2D eigenvalue weighted by Gasteiger charge is 2.57. The van der Waals surface area contributed by atoms with Crippen molar-refractivity contribution in [2.24, 2.45) is 5.92 Å². The Morgan fingerprint density at radius 2 is 1.96 bits per heavy atom. The number of benzene rings is 1. The number of nitrogens with one attached hydrogen (secondary N) is 1. The minimum atomic E-state index is -1.05. The molecule has 3 atom stereocenters. The van der Waals surface area contributed by atoms with E-state index in [0.29, 0.717) is 12.0 Å². The Balaban J connectivity index is 1.88. The molecule has 2 aliphatic heterocycles. The summed E-state index contributed by atoms with van der Waals surface area (Å²) in [6.45, 7) is 7.67. The molecule has 2 heterocycles. The molecular formula is C19H24N2O4S. The van der Waals surface area contributed by atoms with Gasteiger partial charge in [0.05, 0.1) is 0 Å². The molecule has 1 saturated heterocycles. The van der Waals surface area contributed by atoms with E-state index in [1.54, 1.807) is 22.7 Å². The highest BCUT2D eigenvalue weighted by molar-refractivity contribution is 8.01. The molecule has 140 valence electrons. The molecule has 0 radical (unpaired) electrons. The number of carboxylic acid groups (broad SMARTS) is 1. The van der Waals surface area contributed by atoms with Crippen LogP contribution < -0.4 is 5.32 Å². The van der Waals surface area contributed by atoms with Crippen molar-refractivity contribution in [2.75, 3.05) is 0 Å².